The maximum atomic E-state index is 13.0. The molecule has 0 spiro atoms. The van der Waals surface area contributed by atoms with Crippen LogP contribution in [-0.2, 0) is 0 Å². The van der Waals surface area contributed by atoms with Crippen LogP contribution in [0.4, 0.5) is 4.39 Å². The van der Waals surface area contributed by atoms with Crippen molar-refractivity contribution in [3.63, 3.8) is 0 Å². The van der Waals surface area contributed by atoms with Crippen molar-refractivity contribution in [2.75, 3.05) is 0 Å². The second-order valence-electron chi connectivity index (χ2n) is 2.66. The number of aromatic amines is 1. The number of fused-ring (bicyclic) bond motifs is 1. The van der Waals surface area contributed by atoms with Gasteiger partial charge in [-0.05, 0) is 39.5 Å². The summed E-state index contributed by atoms with van der Waals surface area (Å²) in [5.41, 5.74) is -0.210. The summed E-state index contributed by atoms with van der Waals surface area (Å²) in [6.07, 6.45) is 1.50. The van der Waals surface area contributed by atoms with Gasteiger partial charge in [-0.1, -0.05) is 0 Å². The molecule has 0 unspecified atom stereocenters. The van der Waals surface area contributed by atoms with Crippen molar-refractivity contribution in [2.24, 2.45) is 0 Å². The first-order valence-electron chi connectivity index (χ1n) is 3.65. The molecule has 1 N–H and O–H groups in total. The molecule has 0 bridgehead atoms. The number of pyridine rings is 1. The van der Waals surface area contributed by atoms with Gasteiger partial charge in [0.2, 0.25) is 0 Å². The van der Waals surface area contributed by atoms with Crippen LogP contribution in [0.1, 0.15) is 0 Å². The van der Waals surface area contributed by atoms with E-state index in [2.05, 4.69) is 20.9 Å². The number of hydrogen-bond acceptors (Lipinski definition) is 1. The van der Waals surface area contributed by atoms with Crippen molar-refractivity contribution < 1.29 is 4.39 Å². The van der Waals surface area contributed by atoms with Gasteiger partial charge in [0.1, 0.15) is 5.82 Å². The van der Waals surface area contributed by atoms with Crippen molar-refractivity contribution >= 4 is 26.7 Å². The van der Waals surface area contributed by atoms with Gasteiger partial charge < -0.3 is 4.98 Å². The van der Waals surface area contributed by atoms with E-state index in [4.69, 9.17) is 0 Å². The standard InChI is InChI=1S/C9H5BrFNO/c10-7-4-6-5(3-8(7)11)1-2-12-9(6)13/h1-4H,(H,12,13). The summed E-state index contributed by atoms with van der Waals surface area (Å²) in [5.74, 6) is -0.363. The fraction of sp³-hybridized carbons (Fsp3) is 0. The number of nitrogens with one attached hydrogen (secondary N) is 1. The van der Waals surface area contributed by atoms with E-state index in [1.165, 1.54) is 18.3 Å². The Kier molecular flexibility index (Phi) is 1.92. The van der Waals surface area contributed by atoms with Gasteiger partial charge in [0, 0.05) is 11.6 Å². The highest BCUT2D eigenvalue weighted by Gasteiger charge is 2.03. The molecule has 66 valence electrons. The molecule has 1 aromatic carbocycles. The SMILES string of the molecule is O=c1[nH]ccc2cc(F)c(Br)cc12. The molecule has 0 amide bonds. The second kappa shape index (κ2) is 2.96. The molecule has 4 heteroatoms. The van der Waals surface area contributed by atoms with E-state index in [9.17, 15) is 9.18 Å². The minimum atomic E-state index is -0.363. The van der Waals surface area contributed by atoms with Crippen LogP contribution in [0.3, 0.4) is 0 Å². The van der Waals surface area contributed by atoms with E-state index in [0.717, 1.165) is 0 Å². The van der Waals surface area contributed by atoms with E-state index < -0.39 is 0 Å². The van der Waals surface area contributed by atoms with Crippen LogP contribution in [0.15, 0.2) is 33.7 Å². The van der Waals surface area contributed by atoms with Gasteiger partial charge in [0.05, 0.1) is 4.47 Å². The lowest BCUT2D eigenvalue weighted by molar-refractivity contribution is 0.623. The minimum Gasteiger partial charge on any atom is -0.329 e. The Hall–Kier alpha value is -1.16. The predicted molar refractivity (Wildman–Crippen MR) is 52.2 cm³/mol. The molecule has 2 aromatic rings. The van der Waals surface area contributed by atoms with Crippen LogP contribution in [0.2, 0.25) is 0 Å². The Morgan fingerprint density at radius 2 is 2.15 bits per heavy atom. The van der Waals surface area contributed by atoms with Crippen molar-refractivity contribution in [1.29, 1.82) is 0 Å². The lowest BCUT2D eigenvalue weighted by Gasteiger charge is -1.98. The van der Waals surface area contributed by atoms with E-state index in [1.54, 1.807) is 6.07 Å². The summed E-state index contributed by atoms with van der Waals surface area (Å²) >= 11 is 3.02. The molecule has 1 heterocycles. The molecule has 0 aliphatic rings. The van der Waals surface area contributed by atoms with Gasteiger partial charge in [-0.15, -0.1) is 0 Å². The highest BCUT2D eigenvalue weighted by Crippen LogP contribution is 2.20. The van der Waals surface area contributed by atoms with Gasteiger partial charge in [0.15, 0.2) is 0 Å². The monoisotopic (exact) mass is 241 g/mol. The Balaban J connectivity index is 2.97. The summed E-state index contributed by atoms with van der Waals surface area (Å²) in [4.78, 5) is 13.8. The van der Waals surface area contributed by atoms with Crippen LogP contribution in [-0.4, -0.2) is 4.98 Å². The summed E-state index contributed by atoms with van der Waals surface area (Å²) in [6, 6.07) is 4.46. The molecule has 0 fully saturated rings. The van der Waals surface area contributed by atoms with Gasteiger partial charge in [-0.2, -0.15) is 0 Å². The van der Waals surface area contributed by atoms with Gasteiger partial charge in [0.25, 0.3) is 5.56 Å². The summed E-state index contributed by atoms with van der Waals surface area (Å²) in [7, 11) is 0. The number of halogens is 2. The number of benzene rings is 1. The lowest BCUT2D eigenvalue weighted by atomic mass is 10.2. The molecule has 2 nitrogen and oxygen atoms in total. The van der Waals surface area contributed by atoms with Gasteiger partial charge >= 0.3 is 0 Å². The summed E-state index contributed by atoms with van der Waals surface area (Å²) < 4.78 is 13.3. The lowest BCUT2D eigenvalue weighted by Crippen LogP contribution is -2.04. The number of aromatic nitrogens is 1. The Morgan fingerprint density at radius 1 is 1.38 bits per heavy atom. The Morgan fingerprint density at radius 3 is 2.92 bits per heavy atom. The zero-order chi connectivity index (χ0) is 9.42. The van der Waals surface area contributed by atoms with Crippen molar-refractivity contribution in [3.8, 4) is 0 Å². The molecule has 13 heavy (non-hydrogen) atoms. The zero-order valence-corrected chi connectivity index (χ0v) is 8.06. The molecule has 1 aromatic heterocycles. The van der Waals surface area contributed by atoms with E-state index in [1.807, 2.05) is 0 Å². The molecule has 0 saturated heterocycles. The Bertz CT molecular complexity index is 520. The molecule has 0 aliphatic heterocycles. The first-order chi connectivity index (χ1) is 6.18. The highest BCUT2D eigenvalue weighted by atomic mass is 79.9. The van der Waals surface area contributed by atoms with Gasteiger partial charge in [-0.25, -0.2) is 4.39 Å². The quantitative estimate of drug-likeness (QED) is 0.756. The molecule has 0 saturated carbocycles. The average Bonchev–Trinajstić information content (AvgIpc) is 2.09. The minimum absolute atomic E-state index is 0.210. The summed E-state index contributed by atoms with van der Waals surface area (Å²) in [5, 5.41) is 1.08. The molecule has 0 atom stereocenters. The normalized spacial score (nSPS) is 10.6. The molecule has 0 radical (unpaired) electrons. The third-order valence-corrected chi connectivity index (χ3v) is 2.42. The third kappa shape index (κ3) is 1.37. The Labute approximate surface area is 81.5 Å². The zero-order valence-electron chi connectivity index (χ0n) is 6.47. The predicted octanol–water partition coefficient (Wildman–Crippen LogP) is 2.43. The molecule has 0 aliphatic carbocycles. The van der Waals surface area contributed by atoms with Crippen LogP contribution < -0.4 is 5.56 Å². The first-order valence-corrected chi connectivity index (χ1v) is 4.44. The van der Waals surface area contributed by atoms with E-state index >= 15 is 0 Å². The molecular weight excluding hydrogens is 237 g/mol. The van der Waals surface area contributed by atoms with E-state index in [0.29, 0.717) is 15.2 Å². The highest BCUT2D eigenvalue weighted by molar-refractivity contribution is 9.10. The largest absolute Gasteiger partial charge is 0.329 e. The fourth-order valence-electron chi connectivity index (χ4n) is 1.18. The van der Waals surface area contributed by atoms with Crippen LogP contribution in [0, 0.1) is 5.82 Å². The molecule has 2 rings (SSSR count). The third-order valence-electron chi connectivity index (χ3n) is 1.81. The smallest absolute Gasteiger partial charge is 0.255 e. The van der Waals surface area contributed by atoms with Crippen LogP contribution in [0.25, 0.3) is 10.8 Å². The van der Waals surface area contributed by atoms with Crippen molar-refractivity contribution in [2.45, 2.75) is 0 Å². The van der Waals surface area contributed by atoms with E-state index in [-0.39, 0.29) is 11.4 Å². The maximum Gasteiger partial charge on any atom is 0.255 e. The number of H-pyrrole nitrogens is 1. The van der Waals surface area contributed by atoms with Crippen molar-refractivity contribution in [1.82, 2.24) is 4.98 Å². The van der Waals surface area contributed by atoms with Crippen LogP contribution >= 0.6 is 15.9 Å². The first kappa shape index (κ1) is 8.44. The fourth-order valence-corrected chi connectivity index (χ4v) is 1.53. The maximum absolute atomic E-state index is 13.0. The average molecular weight is 242 g/mol. The summed E-state index contributed by atoms with van der Waals surface area (Å²) in [6.45, 7) is 0. The number of rotatable bonds is 0. The topological polar surface area (TPSA) is 32.9 Å². The number of hydrogen-bond donors (Lipinski definition) is 1. The van der Waals surface area contributed by atoms with Gasteiger partial charge in [-0.3, -0.25) is 4.79 Å². The molecular formula is C9H5BrFNO. The van der Waals surface area contributed by atoms with Crippen LogP contribution in [0.5, 0.6) is 0 Å². The van der Waals surface area contributed by atoms with Crippen molar-refractivity contribution in [3.05, 3.63) is 45.0 Å². The second-order valence-corrected chi connectivity index (χ2v) is 3.51.